The van der Waals surface area contributed by atoms with Crippen LogP contribution in [0.4, 0.5) is 4.79 Å². The molecular weight excluding hydrogens is 232 g/mol. The van der Waals surface area contributed by atoms with E-state index >= 15 is 0 Å². The zero-order chi connectivity index (χ0) is 12.7. The van der Waals surface area contributed by atoms with Crippen molar-refractivity contribution in [3.63, 3.8) is 0 Å². The van der Waals surface area contributed by atoms with Gasteiger partial charge in [0.15, 0.2) is 11.9 Å². The Hall–Kier alpha value is -2.16. The maximum Gasteiger partial charge on any atom is 0.328 e. The molecular formula is C8H12N4O5. The fourth-order valence-electron chi connectivity index (χ4n) is 0.985. The SMILES string of the molecule is O=C(NCCc1ncon1)NC(CO)C(=O)O. The van der Waals surface area contributed by atoms with Crippen LogP contribution in [0.5, 0.6) is 0 Å². The maximum atomic E-state index is 11.2. The third kappa shape index (κ3) is 4.47. The number of hydrogen-bond donors (Lipinski definition) is 4. The van der Waals surface area contributed by atoms with Crippen molar-refractivity contribution in [2.45, 2.75) is 12.5 Å². The van der Waals surface area contributed by atoms with E-state index in [2.05, 4.69) is 25.3 Å². The molecule has 1 atom stereocenters. The fraction of sp³-hybridized carbons (Fsp3) is 0.500. The first-order valence-electron chi connectivity index (χ1n) is 4.76. The zero-order valence-corrected chi connectivity index (χ0v) is 8.79. The first-order chi connectivity index (χ1) is 8.13. The van der Waals surface area contributed by atoms with Crippen LogP contribution in [0.3, 0.4) is 0 Å². The van der Waals surface area contributed by atoms with Gasteiger partial charge in [-0.25, -0.2) is 9.59 Å². The predicted molar refractivity (Wildman–Crippen MR) is 53.0 cm³/mol. The topological polar surface area (TPSA) is 138 Å². The van der Waals surface area contributed by atoms with Crippen LogP contribution < -0.4 is 10.6 Å². The van der Waals surface area contributed by atoms with Gasteiger partial charge in [-0.2, -0.15) is 4.98 Å². The Labute approximate surface area is 95.8 Å². The number of aromatic nitrogens is 2. The Morgan fingerprint density at radius 1 is 1.53 bits per heavy atom. The molecule has 1 aromatic heterocycles. The normalized spacial score (nSPS) is 11.8. The summed E-state index contributed by atoms with van der Waals surface area (Å²) in [6, 6.07) is -2.00. The van der Waals surface area contributed by atoms with Crippen molar-refractivity contribution in [1.82, 2.24) is 20.8 Å². The van der Waals surface area contributed by atoms with E-state index in [1.54, 1.807) is 0 Å². The molecule has 94 valence electrons. The molecule has 0 saturated carbocycles. The lowest BCUT2D eigenvalue weighted by molar-refractivity contribution is -0.140. The van der Waals surface area contributed by atoms with Gasteiger partial charge in [-0.1, -0.05) is 5.16 Å². The highest BCUT2D eigenvalue weighted by atomic mass is 16.5. The number of aliphatic hydroxyl groups is 1. The van der Waals surface area contributed by atoms with Crippen LogP contribution >= 0.6 is 0 Å². The van der Waals surface area contributed by atoms with Crippen LogP contribution in [0.15, 0.2) is 10.9 Å². The number of carbonyl (C=O) groups excluding carboxylic acids is 1. The van der Waals surface area contributed by atoms with Crippen molar-refractivity contribution < 1.29 is 24.3 Å². The number of hydrogen-bond acceptors (Lipinski definition) is 6. The molecule has 9 nitrogen and oxygen atoms in total. The molecule has 0 aliphatic rings. The summed E-state index contributed by atoms with van der Waals surface area (Å²) in [6.45, 7) is -0.448. The largest absolute Gasteiger partial charge is 0.480 e. The van der Waals surface area contributed by atoms with E-state index in [-0.39, 0.29) is 6.54 Å². The van der Waals surface area contributed by atoms with Crippen LogP contribution in [0.25, 0.3) is 0 Å². The number of carboxylic acids is 1. The predicted octanol–water partition coefficient (Wildman–Crippen LogP) is -1.64. The second kappa shape index (κ2) is 6.43. The molecule has 17 heavy (non-hydrogen) atoms. The quantitative estimate of drug-likeness (QED) is 0.470. The summed E-state index contributed by atoms with van der Waals surface area (Å²) in [5, 5.41) is 25.2. The van der Waals surface area contributed by atoms with Crippen LogP contribution in [0.1, 0.15) is 5.82 Å². The molecule has 0 bridgehead atoms. The van der Waals surface area contributed by atoms with Gasteiger partial charge < -0.3 is 25.4 Å². The molecule has 2 amide bonds. The van der Waals surface area contributed by atoms with Gasteiger partial charge in [-0.15, -0.1) is 0 Å². The van der Waals surface area contributed by atoms with E-state index < -0.39 is 24.6 Å². The smallest absolute Gasteiger partial charge is 0.328 e. The van der Waals surface area contributed by atoms with Crippen molar-refractivity contribution in [1.29, 1.82) is 0 Å². The molecule has 0 radical (unpaired) electrons. The lowest BCUT2D eigenvalue weighted by Gasteiger charge is -2.11. The minimum atomic E-state index is -1.32. The summed E-state index contributed by atoms with van der Waals surface area (Å²) in [7, 11) is 0. The Bertz CT molecular complexity index is 366. The zero-order valence-electron chi connectivity index (χ0n) is 8.79. The van der Waals surface area contributed by atoms with E-state index in [0.717, 1.165) is 0 Å². The Morgan fingerprint density at radius 3 is 2.82 bits per heavy atom. The number of carbonyl (C=O) groups is 2. The van der Waals surface area contributed by atoms with E-state index in [4.69, 9.17) is 10.2 Å². The number of nitrogens with one attached hydrogen (secondary N) is 2. The van der Waals surface area contributed by atoms with E-state index in [0.29, 0.717) is 12.2 Å². The first-order valence-corrected chi connectivity index (χ1v) is 4.76. The summed E-state index contributed by atoms with van der Waals surface area (Å²) in [5.74, 6) is -0.872. The number of nitrogens with zero attached hydrogens (tertiary/aromatic N) is 2. The molecule has 1 aromatic rings. The number of aliphatic carboxylic acids is 1. The standard InChI is InChI=1S/C8H12N4O5/c13-3-5(7(14)15)11-8(16)9-2-1-6-10-4-17-12-6/h4-5,13H,1-3H2,(H,14,15)(H2,9,11,16). The second-order valence-electron chi connectivity index (χ2n) is 3.07. The summed E-state index contributed by atoms with van der Waals surface area (Å²) >= 11 is 0. The molecule has 1 rings (SSSR count). The highest BCUT2D eigenvalue weighted by Gasteiger charge is 2.18. The molecule has 1 unspecified atom stereocenters. The third-order valence-corrected chi connectivity index (χ3v) is 1.83. The number of rotatable bonds is 6. The van der Waals surface area contributed by atoms with Gasteiger partial charge in [0.1, 0.15) is 0 Å². The van der Waals surface area contributed by atoms with Gasteiger partial charge in [0, 0.05) is 13.0 Å². The fourth-order valence-corrected chi connectivity index (χ4v) is 0.985. The number of aliphatic hydroxyl groups excluding tert-OH is 1. The molecule has 0 fully saturated rings. The lowest BCUT2D eigenvalue weighted by atomic mass is 10.3. The van der Waals surface area contributed by atoms with Crippen molar-refractivity contribution in [2.75, 3.05) is 13.2 Å². The number of urea groups is 1. The minimum Gasteiger partial charge on any atom is -0.480 e. The summed E-state index contributed by atoms with van der Waals surface area (Å²) in [5.41, 5.74) is 0. The van der Waals surface area contributed by atoms with Crippen molar-refractivity contribution in [2.24, 2.45) is 0 Å². The Kier molecular flexibility index (Phi) is 4.88. The van der Waals surface area contributed by atoms with Gasteiger partial charge in [-0.05, 0) is 0 Å². The average Bonchev–Trinajstić information content (AvgIpc) is 2.78. The van der Waals surface area contributed by atoms with Gasteiger partial charge in [0.05, 0.1) is 6.61 Å². The first kappa shape index (κ1) is 12.9. The summed E-state index contributed by atoms with van der Waals surface area (Å²) in [4.78, 5) is 25.4. The summed E-state index contributed by atoms with van der Waals surface area (Å²) < 4.78 is 4.49. The molecule has 4 N–H and O–H groups in total. The Balaban J connectivity index is 2.23. The van der Waals surface area contributed by atoms with Crippen molar-refractivity contribution in [3.05, 3.63) is 12.2 Å². The van der Waals surface area contributed by atoms with Gasteiger partial charge in [-0.3, -0.25) is 0 Å². The lowest BCUT2D eigenvalue weighted by Crippen LogP contribution is -2.48. The third-order valence-electron chi connectivity index (χ3n) is 1.83. The van der Waals surface area contributed by atoms with Crippen LogP contribution in [-0.4, -0.2) is 51.5 Å². The van der Waals surface area contributed by atoms with Crippen LogP contribution in [-0.2, 0) is 11.2 Å². The minimum absolute atomic E-state index is 0.225. The monoisotopic (exact) mass is 244 g/mol. The molecule has 1 heterocycles. The number of amides is 2. The highest BCUT2D eigenvalue weighted by molar-refractivity contribution is 5.82. The Morgan fingerprint density at radius 2 is 2.29 bits per heavy atom. The molecule has 9 heteroatoms. The van der Waals surface area contributed by atoms with Gasteiger partial charge >= 0.3 is 12.0 Å². The molecule has 0 spiro atoms. The van der Waals surface area contributed by atoms with Crippen molar-refractivity contribution >= 4 is 12.0 Å². The molecule has 0 saturated heterocycles. The number of carboxylic acid groups (broad SMARTS) is 1. The van der Waals surface area contributed by atoms with E-state index in [1.807, 2.05) is 0 Å². The average molecular weight is 244 g/mol. The van der Waals surface area contributed by atoms with Gasteiger partial charge in [0.2, 0.25) is 6.39 Å². The highest BCUT2D eigenvalue weighted by Crippen LogP contribution is 1.88. The second-order valence-corrected chi connectivity index (χ2v) is 3.07. The van der Waals surface area contributed by atoms with Crippen LogP contribution in [0, 0.1) is 0 Å². The van der Waals surface area contributed by atoms with E-state index in [1.165, 1.54) is 6.39 Å². The van der Waals surface area contributed by atoms with Gasteiger partial charge in [0.25, 0.3) is 0 Å². The maximum absolute atomic E-state index is 11.2. The van der Waals surface area contributed by atoms with E-state index in [9.17, 15) is 9.59 Å². The molecule has 0 aromatic carbocycles. The summed E-state index contributed by atoms with van der Waals surface area (Å²) in [6.07, 6.45) is 1.53. The van der Waals surface area contributed by atoms with Crippen LogP contribution in [0.2, 0.25) is 0 Å². The van der Waals surface area contributed by atoms with Crippen molar-refractivity contribution in [3.8, 4) is 0 Å². The molecule has 0 aliphatic heterocycles. The molecule has 0 aliphatic carbocycles.